The largest absolute Gasteiger partial charge is 0.482 e. The Morgan fingerprint density at radius 2 is 1.92 bits per heavy atom. The average molecular weight is 390 g/mol. The third kappa shape index (κ3) is 3.86. The van der Waals surface area contributed by atoms with Gasteiger partial charge in [0.15, 0.2) is 6.61 Å². The van der Waals surface area contributed by atoms with E-state index in [-0.39, 0.29) is 18.4 Å². The second-order valence-corrected chi connectivity index (χ2v) is 6.33. The highest BCUT2D eigenvalue weighted by molar-refractivity contribution is 9.10. The van der Waals surface area contributed by atoms with Crippen LogP contribution < -0.4 is 20.7 Å². The van der Waals surface area contributed by atoms with E-state index in [1.165, 1.54) is 0 Å². The van der Waals surface area contributed by atoms with Crippen LogP contribution in [0.15, 0.2) is 46.9 Å². The maximum atomic E-state index is 12.3. The monoisotopic (exact) mass is 389 g/mol. The fourth-order valence-corrected chi connectivity index (χ4v) is 2.54. The Morgan fingerprint density at radius 1 is 1.21 bits per heavy atom. The summed E-state index contributed by atoms with van der Waals surface area (Å²) >= 11 is 3.35. The van der Waals surface area contributed by atoms with E-state index in [2.05, 4.69) is 31.9 Å². The Hall–Kier alpha value is -2.54. The molecule has 0 spiro atoms. The van der Waals surface area contributed by atoms with Crippen LogP contribution in [0.4, 0.5) is 17.1 Å². The zero-order chi connectivity index (χ0) is 17.1. The lowest BCUT2D eigenvalue weighted by atomic mass is 10.2. The number of rotatable bonds is 4. The van der Waals surface area contributed by atoms with Crippen LogP contribution in [0.2, 0.25) is 0 Å². The smallest absolute Gasteiger partial charge is 0.262 e. The van der Waals surface area contributed by atoms with Gasteiger partial charge >= 0.3 is 0 Å². The minimum atomic E-state index is -0.452. The van der Waals surface area contributed by atoms with E-state index in [4.69, 9.17) is 4.74 Å². The normalized spacial score (nSPS) is 14.0. The molecule has 0 fully saturated rings. The first-order valence-corrected chi connectivity index (χ1v) is 8.20. The molecule has 2 aromatic rings. The van der Waals surface area contributed by atoms with E-state index in [1.807, 2.05) is 24.3 Å². The molecule has 24 heavy (non-hydrogen) atoms. The Kier molecular flexibility index (Phi) is 4.71. The number of nitrogens with one attached hydrogen (secondary N) is 3. The lowest BCUT2D eigenvalue weighted by Crippen LogP contribution is -2.32. The summed E-state index contributed by atoms with van der Waals surface area (Å²) in [5.74, 6) is 0.267. The van der Waals surface area contributed by atoms with Gasteiger partial charge in [0.25, 0.3) is 5.91 Å². The molecular formula is C17H16BrN3O3. The van der Waals surface area contributed by atoms with E-state index in [1.54, 1.807) is 25.1 Å². The van der Waals surface area contributed by atoms with Crippen molar-refractivity contribution in [1.82, 2.24) is 0 Å². The van der Waals surface area contributed by atoms with Crippen LogP contribution in [0.5, 0.6) is 5.75 Å². The van der Waals surface area contributed by atoms with Crippen molar-refractivity contribution in [3.63, 3.8) is 0 Å². The Morgan fingerprint density at radius 3 is 2.67 bits per heavy atom. The van der Waals surface area contributed by atoms with Crippen molar-refractivity contribution in [2.24, 2.45) is 0 Å². The summed E-state index contributed by atoms with van der Waals surface area (Å²) < 4.78 is 6.26. The van der Waals surface area contributed by atoms with Crippen LogP contribution in [-0.4, -0.2) is 24.5 Å². The topological polar surface area (TPSA) is 79.5 Å². The van der Waals surface area contributed by atoms with E-state index < -0.39 is 6.04 Å². The van der Waals surface area contributed by atoms with Gasteiger partial charge in [-0.15, -0.1) is 0 Å². The second-order valence-electron chi connectivity index (χ2n) is 5.41. The van der Waals surface area contributed by atoms with Crippen molar-refractivity contribution >= 4 is 44.8 Å². The molecule has 7 heteroatoms. The third-order valence-corrected chi connectivity index (χ3v) is 4.03. The van der Waals surface area contributed by atoms with Crippen LogP contribution in [0.1, 0.15) is 6.92 Å². The summed E-state index contributed by atoms with van der Waals surface area (Å²) in [6.07, 6.45) is 0. The molecule has 0 bridgehead atoms. The Balaban J connectivity index is 1.64. The number of hydrogen-bond donors (Lipinski definition) is 3. The van der Waals surface area contributed by atoms with Gasteiger partial charge in [-0.3, -0.25) is 9.59 Å². The van der Waals surface area contributed by atoms with Gasteiger partial charge < -0.3 is 20.7 Å². The summed E-state index contributed by atoms with van der Waals surface area (Å²) in [6.45, 7) is 1.79. The Bertz CT molecular complexity index is 777. The van der Waals surface area contributed by atoms with E-state index >= 15 is 0 Å². The lowest BCUT2D eigenvalue weighted by molar-refractivity contribution is -0.118. The fourth-order valence-electron chi connectivity index (χ4n) is 2.27. The van der Waals surface area contributed by atoms with Crippen LogP contribution in [0, 0.1) is 0 Å². The van der Waals surface area contributed by atoms with Gasteiger partial charge in [0, 0.05) is 15.8 Å². The molecule has 2 amide bonds. The minimum absolute atomic E-state index is 0.0196. The van der Waals surface area contributed by atoms with Gasteiger partial charge in [0.05, 0.1) is 5.69 Å². The number of hydrogen-bond acceptors (Lipinski definition) is 4. The van der Waals surface area contributed by atoms with Crippen molar-refractivity contribution in [3.05, 3.63) is 46.9 Å². The van der Waals surface area contributed by atoms with Crippen LogP contribution in [0.3, 0.4) is 0 Å². The number of anilines is 3. The van der Waals surface area contributed by atoms with Crippen LogP contribution in [-0.2, 0) is 9.59 Å². The van der Waals surface area contributed by atoms with Gasteiger partial charge in [0.1, 0.15) is 11.8 Å². The highest BCUT2D eigenvalue weighted by Crippen LogP contribution is 2.30. The molecule has 3 N–H and O–H groups in total. The third-order valence-electron chi connectivity index (χ3n) is 3.50. The molecule has 6 nitrogen and oxygen atoms in total. The zero-order valence-electron chi connectivity index (χ0n) is 12.9. The lowest BCUT2D eigenvalue weighted by Gasteiger charge is -2.20. The zero-order valence-corrected chi connectivity index (χ0v) is 14.5. The first-order valence-electron chi connectivity index (χ1n) is 7.41. The molecule has 1 atom stereocenters. The molecular weight excluding hydrogens is 374 g/mol. The predicted molar refractivity (Wildman–Crippen MR) is 96.4 cm³/mol. The summed E-state index contributed by atoms with van der Waals surface area (Å²) in [5.41, 5.74) is 2.04. The van der Waals surface area contributed by atoms with Gasteiger partial charge in [-0.2, -0.15) is 0 Å². The predicted octanol–water partition coefficient (Wildman–Crippen LogP) is 3.22. The van der Waals surface area contributed by atoms with Crippen molar-refractivity contribution < 1.29 is 14.3 Å². The van der Waals surface area contributed by atoms with Gasteiger partial charge in [-0.1, -0.05) is 15.9 Å². The number of amides is 2. The van der Waals surface area contributed by atoms with Crippen molar-refractivity contribution in [2.45, 2.75) is 13.0 Å². The fraction of sp³-hybridized carbons (Fsp3) is 0.176. The molecule has 1 aliphatic rings. The summed E-state index contributed by atoms with van der Waals surface area (Å²) in [6, 6.07) is 12.2. The molecule has 124 valence electrons. The quantitative estimate of drug-likeness (QED) is 0.749. The molecule has 3 rings (SSSR count). The molecule has 0 radical (unpaired) electrons. The van der Waals surface area contributed by atoms with E-state index in [9.17, 15) is 9.59 Å². The summed E-state index contributed by atoms with van der Waals surface area (Å²) in [4.78, 5) is 23.6. The molecule has 2 aromatic carbocycles. The molecule has 0 saturated carbocycles. The van der Waals surface area contributed by atoms with Crippen LogP contribution in [0.25, 0.3) is 0 Å². The van der Waals surface area contributed by atoms with Crippen molar-refractivity contribution in [2.75, 3.05) is 22.6 Å². The van der Waals surface area contributed by atoms with Gasteiger partial charge in [-0.25, -0.2) is 0 Å². The molecule has 1 aliphatic heterocycles. The second kappa shape index (κ2) is 6.92. The SMILES string of the molecule is CC(Nc1ccc2c(c1)NC(=O)CO2)C(=O)Nc1ccc(Br)cc1. The maximum absolute atomic E-state index is 12.3. The van der Waals surface area contributed by atoms with Gasteiger partial charge in [0.2, 0.25) is 5.91 Å². The molecule has 0 aliphatic carbocycles. The number of halogens is 1. The number of benzene rings is 2. The van der Waals surface area contributed by atoms with Crippen molar-refractivity contribution in [3.8, 4) is 5.75 Å². The standard InChI is InChI=1S/C17H16BrN3O3/c1-10(17(23)20-12-4-2-11(18)3-5-12)19-13-6-7-15-14(8-13)21-16(22)9-24-15/h2-8,10,19H,9H2,1H3,(H,20,23)(H,21,22). The minimum Gasteiger partial charge on any atom is -0.482 e. The molecule has 1 heterocycles. The molecule has 0 aromatic heterocycles. The average Bonchev–Trinajstić information content (AvgIpc) is 2.56. The number of carbonyl (C=O) groups excluding carboxylic acids is 2. The highest BCUT2D eigenvalue weighted by atomic mass is 79.9. The van der Waals surface area contributed by atoms with Crippen molar-refractivity contribution in [1.29, 1.82) is 0 Å². The Labute approximate surface area is 147 Å². The van der Waals surface area contributed by atoms with Gasteiger partial charge in [-0.05, 0) is 49.4 Å². The number of ether oxygens (including phenoxy) is 1. The first kappa shape index (κ1) is 16.3. The molecule has 1 unspecified atom stereocenters. The summed E-state index contributed by atoms with van der Waals surface area (Å²) in [7, 11) is 0. The number of carbonyl (C=O) groups is 2. The molecule has 0 saturated heterocycles. The maximum Gasteiger partial charge on any atom is 0.262 e. The summed E-state index contributed by atoms with van der Waals surface area (Å²) in [5, 5.41) is 8.69. The first-order chi connectivity index (χ1) is 11.5. The highest BCUT2D eigenvalue weighted by Gasteiger charge is 2.18. The van der Waals surface area contributed by atoms with E-state index in [0.29, 0.717) is 11.4 Å². The van der Waals surface area contributed by atoms with Crippen LogP contribution >= 0.6 is 15.9 Å². The van der Waals surface area contributed by atoms with E-state index in [0.717, 1.165) is 15.8 Å². The number of fused-ring (bicyclic) bond motifs is 1.